The lowest BCUT2D eigenvalue weighted by molar-refractivity contribution is -0.394. The highest BCUT2D eigenvalue weighted by Crippen LogP contribution is 2.27. The maximum Gasteiger partial charge on any atom is 0.490 e. The Morgan fingerprint density at radius 1 is 1.12 bits per heavy atom. The molecule has 0 radical (unpaired) electrons. The van der Waals surface area contributed by atoms with Gasteiger partial charge in [0.15, 0.2) is 0 Å². The van der Waals surface area contributed by atoms with Gasteiger partial charge in [-0.3, -0.25) is 4.79 Å². The van der Waals surface area contributed by atoms with Gasteiger partial charge in [0, 0.05) is 16.3 Å². The molecule has 0 unspecified atom stereocenters. The molecule has 120 valence electrons. The Hall–Kier alpha value is -3.55. The second kappa shape index (κ2) is 6.69. The fourth-order valence-corrected chi connectivity index (χ4v) is 2.24. The van der Waals surface area contributed by atoms with Gasteiger partial charge in [0.05, 0.1) is 0 Å². The zero-order valence-electron chi connectivity index (χ0n) is 12.5. The summed E-state index contributed by atoms with van der Waals surface area (Å²) in [6, 6.07) is 17.1. The largest absolute Gasteiger partial charge is 0.490 e. The standard InChI is InChI=1S/C16H13N5O3/c22-15(10-20-11-17-16(19-20)21(23)24)18-14-9-5-4-8-13(14)12-6-2-1-3-7-12/h1-9,11H,10H2,(H,18,22). The molecule has 2 aromatic carbocycles. The van der Waals surface area contributed by atoms with Crippen molar-refractivity contribution in [1.82, 2.24) is 14.8 Å². The molecule has 8 nitrogen and oxygen atoms in total. The smallest absolute Gasteiger partial charge is 0.390 e. The van der Waals surface area contributed by atoms with Gasteiger partial charge in [-0.15, -0.1) is 0 Å². The number of nitrogens with one attached hydrogen (secondary N) is 1. The summed E-state index contributed by atoms with van der Waals surface area (Å²) in [4.78, 5) is 25.5. The van der Waals surface area contributed by atoms with Crippen LogP contribution in [0.5, 0.6) is 0 Å². The highest BCUT2D eigenvalue weighted by atomic mass is 16.6. The van der Waals surface area contributed by atoms with Crippen molar-refractivity contribution in [3.63, 3.8) is 0 Å². The van der Waals surface area contributed by atoms with Crippen LogP contribution < -0.4 is 5.32 Å². The molecule has 8 heteroatoms. The molecule has 0 saturated heterocycles. The fourth-order valence-electron chi connectivity index (χ4n) is 2.24. The van der Waals surface area contributed by atoms with E-state index in [-0.39, 0.29) is 12.5 Å². The normalized spacial score (nSPS) is 10.3. The fraction of sp³-hybridized carbons (Fsp3) is 0.0625. The first kappa shape index (κ1) is 15.3. The summed E-state index contributed by atoms with van der Waals surface area (Å²) in [6.07, 6.45) is 1.15. The van der Waals surface area contributed by atoms with Crippen molar-refractivity contribution in [2.24, 2.45) is 0 Å². The first-order valence-electron chi connectivity index (χ1n) is 7.11. The molecule has 0 spiro atoms. The average molecular weight is 323 g/mol. The van der Waals surface area contributed by atoms with Crippen LogP contribution in [0.2, 0.25) is 0 Å². The second-order valence-electron chi connectivity index (χ2n) is 4.96. The number of aromatic nitrogens is 3. The minimum absolute atomic E-state index is 0.163. The molecule has 0 aliphatic rings. The summed E-state index contributed by atoms with van der Waals surface area (Å²) < 4.78 is 1.12. The van der Waals surface area contributed by atoms with Crippen molar-refractivity contribution in [1.29, 1.82) is 0 Å². The lowest BCUT2D eigenvalue weighted by atomic mass is 10.0. The van der Waals surface area contributed by atoms with E-state index in [9.17, 15) is 14.9 Å². The van der Waals surface area contributed by atoms with Crippen LogP contribution in [0.4, 0.5) is 11.6 Å². The average Bonchev–Trinajstić information content (AvgIpc) is 3.05. The van der Waals surface area contributed by atoms with Crippen LogP contribution in [-0.2, 0) is 11.3 Å². The Labute approximate surface area is 136 Å². The summed E-state index contributed by atoms with van der Waals surface area (Å²) in [5.74, 6) is -0.884. The van der Waals surface area contributed by atoms with E-state index in [1.165, 1.54) is 0 Å². The Morgan fingerprint density at radius 3 is 2.54 bits per heavy atom. The van der Waals surface area contributed by atoms with Gasteiger partial charge in [-0.1, -0.05) is 53.5 Å². The molecule has 0 aliphatic heterocycles. The maximum absolute atomic E-state index is 12.2. The molecule has 1 N–H and O–H groups in total. The third-order valence-corrected chi connectivity index (χ3v) is 3.28. The number of hydrogen-bond acceptors (Lipinski definition) is 5. The summed E-state index contributed by atoms with van der Waals surface area (Å²) in [7, 11) is 0. The van der Waals surface area contributed by atoms with Crippen LogP contribution >= 0.6 is 0 Å². The molecule has 24 heavy (non-hydrogen) atoms. The predicted molar refractivity (Wildman–Crippen MR) is 87.2 cm³/mol. The molecule has 0 fully saturated rings. The number of hydrogen-bond donors (Lipinski definition) is 1. The van der Waals surface area contributed by atoms with Gasteiger partial charge in [0.25, 0.3) is 0 Å². The van der Waals surface area contributed by atoms with Crippen LogP contribution in [0.25, 0.3) is 11.1 Å². The zero-order chi connectivity index (χ0) is 16.9. The molecule has 0 atom stereocenters. The highest BCUT2D eigenvalue weighted by Gasteiger charge is 2.16. The molecule has 0 bridgehead atoms. The molecule has 3 aromatic rings. The molecule has 3 rings (SSSR count). The molecule has 1 amide bonds. The van der Waals surface area contributed by atoms with Crippen molar-refractivity contribution in [2.45, 2.75) is 6.54 Å². The van der Waals surface area contributed by atoms with Crippen molar-refractivity contribution < 1.29 is 9.72 Å². The summed E-state index contributed by atoms with van der Waals surface area (Å²) in [6.45, 7) is -0.163. The number of anilines is 1. The molecule has 0 aliphatic carbocycles. The van der Waals surface area contributed by atoms with E-state index in [2.05, 4.69) is 15.4 Å². The van der Waals surface area contributed by atoms with E-state index >= 15 is 0 Å². The van der Waals surface area contributed by atoms with Gasteiger partial charge >= 0.3 is 5.95 Å². The monoisotopic (exact) mass is 323 g/mol. The van der Waals surface area contributed by atoms with Crippen molar-refractivity contribution in [3.8, 4) is 11.1 Å². The van der Waals surface area contributed by atoms with Gasteiger partial charge in [0.1, 0.15) is 6.54 Å². The van der Waals surface area contributed by atoms with E-state index in [4.69, 9.17) is 0 Å². The number of benzene rings is 2. The number of nitrogens with zero attached hydrogens (tertiary/aromatic N) is 4. The molecule has 1 heterocycles. The minimum atomic E-state index is -0.709. The number of para-hydroxylation sites is 1. The predicted octanol–water partition coefficient (Wildman–Crippen LogP) is 2.49. The Bertz CT molecular complexity index is 876. The third kappa shape index (κ3) is 3.43. The first-order chi connectivity index (χ1) is 11.6. The Balaban J connectivity index is 1.76. The number of carbonyl (C=O) groups excluding carboxylic acids is 1. The molecule has 1 aromatic heterocycles. The van der Waals surface area contributed by atoms with Gasteiger partial charge < -0.3 is 15.4 Å². The second-order valence-corrected chi connectivity index (χ2v) is 4.96. The Morgan fingerprint density at radius 2 is 1.83 bits per heavy atom. The van der Waals surface area contributed by atoms with Crippen LogP contribution in [-0.4, -0.2) is 25.6 Å². The quantitative estimate of drug-likeness (QED) is 0.574. The summed E-state index contributed by atoms with van der Waals surface area (Å²) >= 11 is 0. The summed E-state index contributed by atoms with van der Waals surface area (Å²) in [5, 5.41) is 17.0. The lowest BCUT2D eigenvalue weighted by Gasteiger charge is -2.10. The van der Waals surface area contributed by atoms with Crippen LogP contribution in [0.15, 0.2) is 60.9 Å². The van der Waals surface area contributed by atoms with Crippen molar-refractivity contribution in [2.75, 3.05) is 5.32 Å². The topological polar surface area (TPSA) is 103 Å². The van der Waals surface area contributed by atoms with Crippen LogP contribution in [0.1, 0.15) is 0 Å². The summed E-state index contributed by atoms with van der Waals surface area (Å²) in [5.41, 5.74) is 2.52. The minimum Gasteiger partial charge on any atom is -0.390 e. The van der Waals surface area contributed by atoms with E-state index in [1.54, 1.807) is 6.07 Å². The SMILES string of the molecule is O=C(Cn1cnc([N+](=O)[O-])n1)Nc1ccccc1-c1ccccc1. The van der Waals surface area contributed by atoms with E-state index < -0.39 is 10.9 Å². The third-order valence-electron chi connectivity index (χ3n) is 3.28. The number of amides is 1. The Kier molecular flexibility index (Phi) is 4.28. The van der Waals surface area contributed by atoms with Gasteiger partial charge in [-0.25, -0.2) is 0 Å². The van der Waals surface area contributed by atoms with Crippen molar-refractivity contribution in [3.05, 3.63) is 71.0 Å². The van der Waals surface area contributed by atoms with Gasteiger partial charge in [0.2, 0.25) is 12.2 Å². The van der Waals surface area contributed by atoms with E-state index in [0.29, 0.717) is 5.69 Å². The van der Waals surface area contributed by atoms with E-state index in [1.807, 2.05) is 48.5 Å². The lowest BCUT2D eigenvalue weighted by Crippen LogP contribution is -2.19. The van der Waals surface area contributed by atoms with Crippen LogP contribution in [0, 0.1) is 10.1 Å². The van der Waals surface area contributed by atoms with E-state index in [0.717, 1.165) is 22.1 Å². The number of rotatable bonds is 5. The van der Waals surface area contributed by atoms with Crippen molar-refractivity contribution >= 4 is 17.5 Å². The number of carbonyl (C=O) groups is 1. The maximum atomic E-state index is 12.2. The zero-order valence-corrected chi connectivity index (χ0v) is 12.5. The van der Waals surface area contributed by atoms with Gasteiger partial charge in [-0.2, -0.15) is 4.68 Å². The molecular weight excluding hydrogens is 310 g/mol. The van der Waals surface area contributed by atoms with Gasteiger partial charge in [-0.05, 0) is 16.6 Å². The number of nitro groups is 1. The highest BCUT2D eigenvalue weighted by molar-refractivity contribution is 5.95. The molecular formula is C16H13N5O3. The van der Waals surface area contributed by atoms with Crippen LogP contribution in [0.3, 0.4) is 0 Å². The first-order valence-corrected chi connectivity index (χ1v) is 7.11. The molecule has 0 saturated carbocycles.